The van der Waals surface area contributed by atoms with Crippen molar-refractivity contribution in [2.75, 3.05) is 5.32 Å². The van der Waals surface area contributed by atoms with Crippen molar-refractivity contribution < 1.29 is 31.7 Å². The lowest BCUT2D eigenvalue weighted by Crippen LogP contribution is -2.21. The highest BCUT2D eigenvalue weighted by Crippen LogP contribution is 2.40. The highest BCUT2D eigenvalue weighted by Gasteiger charge is 2.38. The first-order valence-electron chi connectivity index (χ1n) is 9.65. The minimum Gasteiger partial charge on any atom is -0.385 e. The van der Waals surface area contributed by atoms with Gasteiger partial charge in [-0.15, -0.1) is 15.7 Å². The van der Waals surface area contributed by atoms with Crippen molar-refractivity contribution in [1.29, 1.82) is 0 Å². The zero-order valence-corrected chi connectivity index (χ0v) is 19.1. The number of alkyl halides is 3. The number of rotatable bonds is 4. The lowest BCUT2D eigenvalue weighted by Gasteiger charge is -2.19. The van der Waals surface area contributed by atoms with Gasteiger partial charge in [0.25, 0.3) is 0 Å². The summed E-state index contributed by atoms with van der Waals surface area (Å²) in [6, 6.07) is -0.321. The number of amides is 2. The zero-order valence-electron chi connectivity index (χ0n) is 17.5. The number of hydrogen-bond donors (Lipinski definition) is 3. The quantitative estimate of drug-likeness (QED) is 0.542. The van der Waals surface area contributed by atoms with E-state index in [1.807, 2.05) is 0 Å². The second-order valence-electron chi connectivity index (χ2n) is 7.84. The van der Waals surface area contributed by atoms with Crippen LogP contribution < -0.4 is 10.5 Å². The number of fused-ring (bicyclic) bond motifs is 1. The number of halogens is 4. The van der Waals surface area contributed by atoms with Crippen molar-refractivity contribution in [2.24, 2.45) is 9.50 Å². The van der Waals surface area contributed by atoms with Crippen LogP contribution in [0.2, 0.25) is 0 Å². The number of nitrogens with two attached hydrogens (primary N) is 1. The molecule has 0 radical (unpaired) electrons. The fraction of sp³-hybridized carbons (Fsp3) is 0.474. The van der Waals surface area contributed by atoms with Crippen LogP contribution in [-0.2, 0) is 41.0 Å². The molecule has 4 N–H and O–H groups in total. The molecule has 0 saturated heterocycles. The van der Waals surface area contributed by atoms with E-state index >= 15 is 0 Å². The number of urea groups is 1. The Morgan fingerprint density at radius 1 is 1.38 bits per heavy atom. The van der Waals surface area contributed by atoms with Crippen LogP contribution in [0, 0.1) is 5.82 Å². The average molecular weight is 495 g/mol. The van der Waals surface area contributed by atoms with Gasteiger partial charge in [-0.05, 0) is 51.2 Å². The van der Waals surface area contributed by atoms with Crippen LogP contribution in [0.1, 0.15) is 54.6 Å². The first kappa shape index (κ1) is 24.6. The fourth-order valence-corrected chi connectivity index (χ4v) is 5.84. The number of pyridine rings is 1. The van der Waals surface area contributed by atoms with E-state index in [1.165, 1.54) is 20.8 Å². The summed E-state index contributed by atoms with van der Waals surface area (Å²) < 4.78 is 70.5. The van der Waals surface area contributed by atoms with Crippen LogP contribution in [0.25, 0.3) is 0 Å². The maximum absolute atomic E-state index is 14.3. The Hall–Kier alpha value is -2.09. The van der Waals surface area contributed by atoms with Gasteiger partial charge < -0.3 is 10.4 Å². The molecule has 1 aliphatic carbocycles. The molecule has 32 heavy (non-hydrogen) atoms. The minimum absolute atomic E-state index is 0.0722. The van der Waals surface area contributed by atoms with Crippen molar-refractivity contribution in [1.82, 2.24) is 4.98 Å². The van der Waals surface area contributed by atoms with E-state index in [0.29, 0.717) is 36.2 Å². The van der Waals surface area contributed by atoms with E-state index in [4.69, 9.17) is 5.14 Å². The van der Waals surface area contributed by atoms with Gasteiger partial charge in [0.2, 0.25) is 0 Å². The lowest BCUT2D eigenvalue weighted by molar-refractivity contribution is -0.141. The molecule has 0 aliphatic heterocycles. The van der Waals surface area contributed by atoms with E-state index in [9.17, 15) is 31.7 Å². The highest BCUT2D eigenvalue weighted by molar-refractivity contribution is 7.93. The normalized spacial score (nSPS) is 15.9. The number of hydrogen-bond acceptors (Lipinski definition) is 5. The predicted octanol–water partition coefficient (Wildman–Crippen LogP) is 4.51. The van der Waals surface area contributed by atoms with Crippen LogP contribution in [0.5, 0.6) is 0 Å². The van der Waals surface area contributed by atoms with Gasteiger partial charge in [0.15, 0.2) is 19.9 Å². The number of anilines is 1. The van der Waals surface area contributed by atoms with Crippen molar-refractivity contribution in [2.45, 2.75) is 62.4 Å². The van der Waals surface area contributed by atoms with Gasteiger partial charge in [-0.1, -0.05) is 6.92 Å². The molecule has 2 heterocycles. The first-order chi connectivity index (χ1) is 14.6. The molecule has 2 amide bonds. The SMILES string of the molecule is CCc1c(C(F)(F)F)nc2c(c1NC(=O)N=S(N)(=O)c1sc(C(C)(C)O)cc1F)CCC2. The molecule has 0 spiro atoms. The smallest absolute Gasteiger partial charge is 0.385 e. The van der Waals surface area contributed by atoms with E-state index in [-0.39, 0.29) is 28.2 Å². The molecule has 13 heteroatoms. The van der Waals surface area contributed by atoms with Crippen molar-refractivity contribution in [3.63, 3.8) is 0 Å². The number of nitrogens with one attached hydrogen (secondary N) is 1. The molecule has 1 atom stereocenters. The third-order valence-corrected chi connectivity index (χ3v) is 8.27. The van der Waals surface area contributed by atoms with Gasteiger partial charge in [0, 0.05) is 16.1 Å². The second kappa shape index (κ2) is 8.36. The maximum Gasteiger partial charge on any atom is 0.433 e. The van der Waals surface area contributed by atoms with Gasteiger partial charge in [0.05, 0.1) is 11.3 Å². The van der Waals surface area contributed by atoms with Crippen molar-refractivity contribution in [3.8, 4) is 0 Å². The fourth-order valence-electron chi connectivity index (χ4n) is 3.50. The molecule has 176 valence electrons. The number of aryl methyl sites for hydroxylation is 1. The molecule has 7 nitrogen and oxygen atoms in total. The van der Waals surface area contributed by atoms with Gasteiger partial charge >= 0.3 is 12.2 Å². The first-order valence-corrected chi connectivity index (χ1v) is 12.0. The van der Waals surface area contributed by atoms with Crippen LogP contribution in [0.3, 0.4) is 0 Å². The van der Waals surface area contributed by atoms with Crippen molar-refractivity contribution in [3.05, 3.63) is 39.3 Å². The second-order valence-corrected chi connectivity index (χ2v) is 10.9. The standard InChI is InChI=1S/C19H22F4N4O3S2/c1-4-9-14(10-6-5-7-12(10)25-15(9)19(21,22)23)26-17(28)27-32(24,30)16-11(20)8-13(31-16)18(2,3)29/h8,29H,4-7H2,1-3H3,(H3,24,25,26,27,28,30). The monoisotopic (exact) mass is 494 g/mol. The van der Waals surface area contributed by atoms with E-state index in [2.05, 4.69) is 14.7 Å². The summed E-state index contributed by atoms with van der Waals surface area (Å²) in [4.78, 5) is 16.4. The van der Waals surface area contributed by atoms with Crippen LogP contribution in [0.15, 0.2) is 14.6 Å². The van der Waals surface area contributed by atoms with Crippen LogP contribution in [-0.4, -0.2) is 20.3 Å². The van der Waals surface area contributed by atoms with Gasteiger partial charge in [-0.25, -0.2) is 23.5 Å². The molecule has 0 bridgehead atoms. The molecule has 3 rings (SSSR count). The van der Waals surface area contributed by atoms with E-state index < -0.39 is 43.4 Å². The number of thiophene rings is 1. The summed E-state index contributed by atoms with van der Waals surface area (Å²) in [5.74, 6) is -1.01. The Bertz CT molecular complexity index is 1190. The Balaban J connectivity index is 2.04. The molecular weight excluding hydrogens is 472 g/mol. The summed E-state index contributed by atoms with van der Waals surface area (Å²) in [7, 11) is -4.06. The van der Waals surface area contributed by atoms with Crippen LogP contribution >= 0.6 is 11.3 Å². The Morgan fingerprint density at radius 3 is 2.56 bits per heavy atom. The summed E-state index contributed by atoms with van der Waals surface area (Å²) in [5, 5.41) is 17.9. The topological polar surface area (TPSA) is 118 Å². The van der Waals surface area contributed by atoms with Crippen molar-refractivity contribution >= 4 is 33.0 Å². The predicted molar refractivity (Wildman–Crippen MR) is 112 cm³/mol. The van der Waals surface area contributed by atoms with Gasteiger partial charge in [-0.3, -0.25) is 0 Å². The third-order valence-electron chi connectivity index (χ3n) is 4.92. The molecule has 0 saturated carbocycles. The Kier molecular flexibility index (Phi) is 6.41. The van der Waals surface area contributed by atoms with E-state index in [0.717, 1.165) is 6.07 Å². The maximum atomic E-state index is 14.3. The van der Waals surface area contributed by atoms with Crippen LogP contribution in [0.4, 0.5) is 28.0 Å². The lowest BCUT2D eigenvalue weighted by atomic mass is 10.0. The molecule has 0 aromatic carbocycles. The molecule has 2 aromatic rings. The number of carbonyl (C=O) groups excluding carboxylic acids is 1. The zero-order chi connectivity index (χ0) is 24.1. The number of aromatic nitrogens is 1. The molecule has 0 fully saturated rings. The third kappa shape index (κ3) is 4.80. The van der Waals surface area contributed by atoms with Gasteiger partial charge in [0.1, 0.15) is 5.69 Å². The molecule has 2 aromatic heterocycles. The Labute approximate surface area is 186 Å². The average Bonchev–Trinajstić information content (AvgIpc) is 3.26. The molecule has 1 unspecified atom stereocenters. The summed E-state index contributed by atoms with van der Waals surface area (Å²) in [6.45, 7) is 4.27. The van der Waals surface area contributed by atoms with Gasteiger partial charge in [-0.2, -0.15) is 13.2 Å². The summed E-state index contributed by atoms with van der Waals surface area (Å²) in [5.41, 5.74) is -2.12. The molecule has 1 aliphatic rings. The largest absolute Gasteiger partial charge is 0.433 e. The number of aliphatic hydroxyl groups is 1. The number of carbonyl (C=O) groups is 1. The molecular formula is C19H22F4N4O3S2. The highest BCUT2D eigenvalue weighted by atomic mass is 32.2. The number of nitrogens with zero attached hydrogens (tertiary/aromatic N) is 2. The Morgan fingerprint density at radius 2 is 2.03 bits per heavy atom. The summed E-state index contributed by atoms with van der Waals surface area (Å²) in [6.07, 6.45) is -3.49. The summed E-state index contributed by atoms with van der Waals surface area (Å²) >= 11 is 0.597. The van der Waals surface area contributed by atoms with E-state index in [1.54, 1.807) is 0 Å². The minimum atomic E-state index is -4.73.